The number of nitrogens with two attached hydrogens (primary N) is 2. The van der Waals surface area contributed by atoms with Crippen molar-refractivity contribution in [2.45, 2.75) is 85.9 Å². The number of hydrogen-bond donors (Lipinski definition) is 11. The Balaban J connectivity index is 1.78. The molecule has 24 nitrogen and oxygen atoms in total. The van der Waals surface area contributed by atoms with Crippen LogP contribution in [0.2, 0.25) is 0 Å². The van der Waals surface area contributed by atoms with Crippen molar-refractivity contribution in [1.29, 1.82) is 0 Å². The van der Waals surface area contributed by atoms with E-state index in [9.17, 15) is 49.2 Å². The maximum atomic E-state index is 14.2. The van der Waals surface area contributed by atoms with Crippen LogP contribution in [0.15, 0.2) is 57.2 Å². The summed E-state index contributed by atoms with van der Waals surface area (Å²) in [5.41, 5.74) is 11.7. The number of nitrogens with one attached hydrogen (secondary N) is 5. The summed E-state index contributed by atoms with van der Waals surface area (Å²) in [4.78, 5) is 83.9. The van der Waals surface area contributed by atoms with E-state index < -0.39 is 59.6 Å². The molecule has 0 radical (unpaired) electrons. The van der Waals surface area contributed by atoms with Gasteiger partial charge < -0.3 is 86.9 Å². The van der Waals surface area contributed by atoms with Gasteiger partial charge in [-0.1, -0.05) is 30.3 Å². The van der Waals surface area contributed by atoms with Crippen molar-refractivity contribution in [2.75, 3.05) is 66.7 Å². The van der Waals surface area contributed by atoms with Crippen LogP contribution in [0.5, 0.6) is 46.0 Å². The zero-order valence-electron chi connectivity index (χ0n) is 41.3. The molecule has 0 bridgehead atoms. The van der Waals surface area contributed by atoms with Crippen molar-refractivity contribution in [1.82, 2.24) is 26.6 Å². The minimum atomic E-state index is -1.28. The first-order valence-corrected chi connectivity index (χ1v) is 24.8. The molecule has 26 heteroatoms. The van der Waals surface area contributed by atoms with Crippen LogP contribution in [0, 0.1) is 0 Å². The monoisotopic (exact) mass is 1060 g/mol. The second-order valence-electron chi connectivity index (χ2n) is 15.7. The molecule has 0 spiro atoms. The molecule has 0 saturated carbocycles. The van der Waals surface area contributed by atoms with Gasteiger partial charge in [-0.15, -0.1) is 23.5 Å². The maximum absolute atomic E-state index is 14.2. The summed E-state index contributed by atoms with van der Waals surface area (Å²) in [7, 11) is 6.27. The lowest BCUT2D eigenvalue weighted by molar-refractivity contribution is -0.145. The molecular formula is C47H66N8O16S2. The Kier molecular flexibility index (Phi) is 26.2. The first-order valence-electron chi connectivity index (χ1n) is 22.8. The van der Waals surface area contributed by atoms with Crippen molar-refractivity contribution in [3.8, 4) is 46.0 Å². The SMILES string of the molecule is COC(=O)[C@H](CCCN=C(N)N)NC(=O)[C@H](CCCCNC(=O)OCc1ccccc1)NC(=O)[C@@H](CCCCNC(=O)CSc1c(O)cc(OC)c(O)c1OC)NC(=O)CSc1c(O)cc(OC)c(O)c1OC. The lowest BCUT2D eigenvalue weighted by Gasteiger charge is -2.25. The molecule has 0 aliphatic rings. The number of rotatable bonds is 32. The Labute approximate surface area is 431 Å². The van der Waals surface area contributed by atoms with Crippen LogP contribution >= 0.6 is 23.5 Å². The molecule has 0 saturated heterocycles. The molecular weight excluding hydrogens is 997 g/mol. The molecule has 0 aliphatic heterocycles. The maximum Gasteiger partial charge on any atom is 0.407 e. The summed E-state index contributed by atoms with van der Waals surface area (Å²) in [6.45, 7) is 0.493. The molecule has 3 rings (SSSR count). The number of carbonyl (C=O) groups excluding carboxylic acids is 6. The summed E-state index contributed by atoms with van der Waals surface area (Å²) in [5, 5.41) is 55.6. The molecule has 3 aromatic carbocycles. The minimum Gasteiger partial charge on any atom is -0.506 e. The lowest BCUT2D eigenvalue weighted by atomic mass is 10.0. The molecule has 5 amide bonds. The van der Waals surface area contributed by atoms with Crippen molar-refractivity contribution in [3.63, 3.8) is 0 Å². The number of benzene rings is 3. The van der Waals surface area contributed by atoms with Crippen molar-refractivity contribution in [2.24, 2.45) is 16.5 Å². The number of esters is 1. The molecule has 13 N–H and O–H groups in total. The topological polar surface area (TPSA) is 363 Å². The van der Waals surface area contributed by atoms with Gasteiger partial charge in [-0.3, -0.25) is 24.2 Å². The Morgan fingerprint density at radius 2 is 1.11 bits per heavy atom. The van der Waals surface area contributed by atoms with Gasteiger partial charge in [0.25, 0.3) is 0 Å². The molecule has 3 aromatic rings. The molecule has 0 aromatic heterocycles. The van der Waals surface area contributed by atoms with E-state index in [1.54, 1.807) is 0 Å². The Bertz CT molecular complexity index is 2340. The first-order chi connectivity index (χ1) is 35.0. The summed E-state index contributed by atoms with van der Waals surface area (Å²) in [5.74, 6) is -5.86. The summed E-state index contributed by atoms with van der Waals surface area (Å²) in [6, 6.07) is 7.70. The van der Waals surface area contributed by atoms with E-state index in [1.807, 2.05) is 30.3 Å². The molecule has 0 heterocycles. The Morgan fingerprint density at radius 1 is 0.616 bits per heavy atom. The first kappa shape index (κ1) is 60.0. The van der Waals surface area contributed by atoms with Crippen LogP contribution in [0.3, 0.4) is 0 Å². The van der Waals surface area contributed by atoms with Gasteiger partial charge in [-0.05, 0) is 56.9 Å². The minimum absolute atomic E-state index is 0.000118. The second kappa shape index (κ2) is 31.9. The predicted molar refractivity (Wildman–Crippen MR) is 270 cm³/mol. The third kappa shape index (κ3) is 20.0. The number of nitrogens with zero attached hydrogens (tertiary/aromatic N) is 1. The van der Waals surface area contributed by atoms with Crippen LogP contribution in [0.1, 0.15) is 56.9 Å². The highest BCUT2D eigenvalue weighted by Gasteiger charge is 2.30. The van der Waals surface area contributed by atoms with Crippen LogP contribution in [-0.2, 0) is 40.1 Å². The third-order valence-electron chi connectivity index (χ3n) is 10.5. The average molecular weight is 1060 g/mol. The zero-order valence-corrected chi connectivity index (χ0v) is 42.9. The number of ether oxygens (including phenoxy) is 6. The van der Waals surface area contributed by atoms with Crippen LogP contribution in [0.4, 0.5) is 4.79 Å². The number of alkyl carbamates (subject to hydrolysis) is 1. The number of carbonyl (C=O) groups is 6. The van der Waals surface area contributed by atoms with Crippen molar-refractivity contribution < 1.29 is 77.6 Å². The van der Waals surface area contributed by atoms with Gasteiger partial charge in [0.15, 0.2) is 29.0 Å². The highest BCUT2D eigenvalue weighted by molar-refractivity contribution is 8.00. The number of unbranched alkanes of at least 4 members (excludes halogenated alkanes) is 2. The zero-order chi connectivity index (χ0) is 53.9. The standard InChI is InChI=1S/C47H66N8O16S2/c1-66-33-22-31(56)41(39(68-3)37(33)60)72-25-35(58)50-19-11-9-16-28(53-36(59)26-73-42-32(57)23-34(67-2)38(61)40(42)69-4)43(62)54-29(44(63)55-30(45(64)70-5)18-13-21-51-46(48)49)17-10-12-20-52-47(65)71-24-27-14-7-6-8-15-27/h6-8,14-15,22-23,28-30,56-57,60-61H,9-13,16-21,24-26H2,1-5H3,(H,50,58)(H,52,65)(H,53,59)(H,54,62)(H,55,63)(H4,48,49,51)/t28-,29+,30+/m1/s1. The third-order valence-corrected chi connectivity index (χ3v) is 12.7. The van der Waals surface area contributed by atoms with Gasteiger partial charge in [-0.25, -0.2) is 9.59 Å². The lowest BCUT2D eigenvalue weighted by Crippen LogP contribution is -2.56. The van der Waals surface area contributed by atoms with E-state index in [4.69, 9.17) is 39.9 Å². The fourth-order valence-corrected chi connectivity index (χ4v) is 8.61. The molecule has 73 heavy (non-hydrogen) atoms. The molecule has 402 valence electrons. The molecule has 0 unspecified atom stereocenters. The van der Waals surface area contributed by atoms with Crippen LogP contribution < -0.4 is 57.0 Å². The van der Waals surface area contributed by atoms with Gasteiger partial charge in [-0.2, -0.15) is 0 Å². The molecule has 0 aliphatic carbocycles. The quantitative estimate of drug-likeness (QED) is 0.0107. The number of phenolic OH excluding ortho intramolecular Hbond substituents is 4. The van der Waals surface area contributed by atoms with E-state index in [0.717, 1.165) is 42.3 Å². The number of hydrogen-bond acceptors (Lipinski definition) is 19. The number of aromatic hydroxyl groups is 4. The number of aliphatic imine (C=N–C) groups is 1. The summed E-state index contributed by atoms with van der Waals surface area (Å²) in [6.07, 6.45) is 0.894. The average Bonchev–Trinajstić information content (AvgIpc) is 3.37. The highest BCUT2D eigenvalue weighted by Crippen LogP contribution is 2.49. The number of guanidine groups is 1. The largest absolute Gasteiger partial charge is 0.506 e. The van der Waals surface area contributed by atoms with Gasteiger partial charge in [0.05, 0.1) is 56.8 Å². The van der Waals surface area contributed by atoms with Crippen molar-refractivity contribution in [3.05, 3.63) is 48.0 Å². The predicted octanol–water partition coefficient (Wildman–Crippen LogP) is 2.49. The Morgan fingerprint density at radius 3 is 1.62 bits per heavy atom. The number of methoxy groups -OCH3 is 5. The van der Waals surface area contributed by atoms with E-state index in [0.29, 0.717) is 12.8 Å². The van der Waals surface area contributed by atoms with Gasteiger partial charge in [0, 0.05) is 31.8 Å². The van der Waals surface area contributed by atoms with E-state index in [1.165, 1.54) is 34.5 Å². The van der Waals surface area contributed by atoms with E-state index in [-0.39, 0.29) is 132 Å². The number of amides is 5. The van der Waals surface area contributed by atoms with Crippen LogP contribution in [-0.4, -0.2) is 147 Å². The second-order valence-corrected chi connectivity index (χ2v) is 17.7. The summed E-state index contributed by atoms with van der Waals surface area (Å²) >= 11 is 1.71. The highest BCUT2D eigenvalue weighted by atomic mass is 32.2. The fraction of sp³-hybridized carbons (Fsp3) is 0.468. The van der Waals surface area contributed by atoms with Gasteiger partial charge >= 0.3 is 12.1 Å². The van der Waals surface area contributed by atoms with Gasteiger partial charge in [0.1, 0.15) is 36.2 Å². The van der Waals surface area contributed by atoms with E-state index in [2.05, 4.69) is 31.6 Å². The number of phenols is 4. The number of thioether (sulfide) groups is 2. The van der Waals surface area contributed by atoms with E-state index >= 15 is 0 Å². The normalized spacial score (nSPS) is 11.9. The fourth-order valence-electron chi connectivity index (χ4n) is 6.84. The smallest absolute Gasteiger partial charge is 0.407 e. The molecule has 3 atom stereocenters. The summed E-state index contributed by atoms with van der Waals surface area (Å²) < 4.78 is 30.8. The molecule has 0 fully saturated rings. The van der Waals surface area contributed by atoms with Crippen LogP contribution in [0.25, 0.3) is 0 Å². The Hall–Kier alpha value is -7.35. The van der Waals surface area contributed by atoms with Crippen molar-refractivity contribution >= 4 is 65.2 Å². The van der Waals surface area contributed by atoms with Gasteiger partial charge in [0.2, 0.25) is 35.1 Å².